The molecule has 2 saturated heterocycles. The molecular formula is C23H35N3O4. The smallest absolute Gasteiger partial charge is 0.237 e. The van der Waals surface area contributed by atoms with Gasteiger partial charge >= 0.3 is 0 Å². The van der Waals surface area contributed by atoms with Crippen LogP contribution in [0.25, 0.3) is 0 Å². The molecule has 1 aromatic rings. The van der Waals surface area contributed by atoms with Crippen molar-refractivity contribution in [3.63, 3.8) is 0 Å². The van der Waals surface area contributed by atoms with E-state index < -0.39 is 0 Å². The van der Waals surface area contributed by atoms with Crippen molar-refractivity contribution in [1.82, 2.24) is 15.1 Å². The molecule has 3 rings (SSSR count). The second-order valence-electron chi connectivity index (χ2n) is 8.57. The second kappa shape index (κ2) is 10.2. The van der Waals surface area contributed by atoms with Crippen LogP contribution in [0.3, 0.4) is 0 Å². The van der Waals surface area contributed by atoms with Gasteiger partial charge in [0.2, 0.25) is 11.8 Å². The first-order valence-corrected chi connectivity index (χ1v) is 11.0. The first kappa shape index (κ1) is 22.4. The average Bonchev–Trinajstić information content (AvgIpc) is 3.23. The summed E-state index contributed by atoms with van der Waals surface area (Å²) in [6.45, 7) is 6.69. The summed E-state index contributed by atoms with van der Waals surface area (Å²) in [5.41, 5.74) is 1.01. The molecule has 2 fully saturated rings. The highest BCUT2D eigenvalue weighted by Crippen LogP contribution is 2.39. The Morgan fingerprint density at radius 2 is 1.83 bits per heavy atom. The zero-order valence-electron chi connectivity index (χ0n) is 18.6. The minimum Gasteiger partial charge on any atom is -0.497 e. The quantitative estimate of drug-likeness (QED) is 0.738. The van der Waals surface area contributed by atoms with Crippen LogP contribution in [0.15, 0.2) is 18.2 Å². The van der Waals surface area contributed by atoms with Gasteiger partial charge in [-0.2, -0.15) is 0 Å². The summed E-state index contributed by atoms with van der Waals surface area (Å²) in [6, 6.07) is 5.94. The summed E-state index contributed by atoms with van der Waals surface area (Å²) in [5, 5.41) is 3.00. The SMILES string of the molecule is COc1ccc(OC)c(C2CCCN2C(=O)CN2CCC(C(=O)NC(C)C)CC2)c1. The molecule has 1 N–H and O–H groups in total. The molecule has 2 aliphatic rings. The molecule has 2 heterocycles. The van der Waals surface area contributed by atoms with Gasteiger partial charge in [0.05, 0.1) is 26.8 Å². The van der Waals surface area contributed by atoms with Gasteiger partial charge in [-0.25, -0.2) is 0 Å². The fraction of sp³-hybridized carbons (Fsp3) is 0.652. The number of piperidine rings is 1. The lowest BCUT2D eigenvalue weighted by molar-refractivity contribution is -0.134. The monoisotopic (exact) mass is 417 g/mol. The number of methoxy groups -OCH3 is 2. The molecule has 0 radical (unpaired) electrons. The number of amides is 2. The topological polar surface area (TPSA) is 71.1 Å². The van der Waals surface area contributed by atoms with Gasteiger partial charge in [0.1, 0.15) is 11.5 Å². The molecule has 0 aliphatic carbocycles. The predicted molar refractivity (Wildman–Crippen MR) is 116 cm³/mol. The largest absolute Gasteiger partial charge is 0.497 e. The van der Waals surface area contributed by atoms with E-state index in [1.807, 2.05) is 36.9 Å². The minimum absolute atomic E-state index is 0.0110. The molecule has 0 saturated carbocycles. The molecule has 1 aromatic carbocycles. The Morgan fingerprint density at radius 1 is 1.10 bits per heavy atom. The van der Waals surface area contributed by atoms with Crippen LogP contribution in [0.1, 0.15) is 51.1 Å². The van der Waals surface area contributed by atoms with Crippen molar-refractivity contribution in [2.75, 3.05) is 40.4 Å². The van der Waals surface area contributed by atoms with Gasteiger partial charge in [0.15, 0.2) is 0 Å². The lowest BCUT2D eigenvalue weighted by Crippen LogP contribution is -2.46. The molecule has 7 nitrogen and oxygen atoms in total. The van der Waals surface area contributed by atoms with Gasteiger partial charge in [0, 0.05) is 24.1 Å². The molecule has 0 bridgehead atoms. The van der Waals surface area contributed by atoms with Crippen LogP contribution in [0.5, 0.6) is 11.5 Å². The molecule has 1 atom stereocenters. The lowest BCUT2D eigenvalue weighted by atomic mass is 9.95. The summed E-state index contributed by atoms with van der Waals surface area (Å²) in [7, 11) is 3.31. The minimum atomic E-state index is 0.0110. The summed E-state index contributed by atoms with van der Waals surface area (Å²) in [6.07, 6.45) is 3.51. The number of nitrogens with one attached hydrogen (secondary N) is 1. The Labute approximate surface area is 179 Å². The Kier molecular flexibility index (Phi) is 7.58. The first-order chi connectivity index (χ1) is 14.4. The van der Waals surface area contributed by atoms with E-state index in [1.165, 1.54) is 0 Å². The van der Waals surface area contributed by atoms with Gasteiger partial charge in [-0.05, 0) is 70.8 Å². The van der Waals surface area contributed by atoms with E-state index >= 15 is 0 Å². The van der Waals surface area contributed by atoms with E-state index in [9.17, 15) is 9.59 Å². The van der Waals surface area contributed by atoms with E-state index in [0.29, 0.717) is 6.54 Å². The third-order valence-corrected chi connectivity index (χ3v) is 6.12. The van der Waals surface area contributed by atoms with Crippen LogP contribution in [-0.4, -0.2) is 68.1 Å². The molecule has 30 heavy (non-hydrogen) atoms. The summed E-state index contributed by atoms with van der Waals surface area (Å²) in [5.74, 6) is 1.90. The summed E-state index contributed by atoms with van der Waals surface area (Å²) < 4.78 is 10.9. The van der Waals surface area contributed by atoms with E-state index in [0.717, 1.165) is 62.4 Å². The van der Waals surface area contributed by atoms with E-state index in [1.54, 1.807) is 14.2 Å². The molecule has 166 valence electrons. The molecular weight excluding hydrogens is 382 g/mol. The number of hydrogen-bond donors (Lipinski definition) is 1. The molecule has 1 unspecified atom stereocenters. The molecule has 7 heteroatoms. The van der Waals surface area contributed by atoms with E-state index in [-0.39, 0.29) is 29.8 Å². The van der Waals surface area contributed by atoms with Crippen LogP contribution in [0.4, 0.5) is 0 Å². The van der Waals surface area contributed by atoms with Crippen molar-refractivity contribution in [3.05, 3.63) is 23.8 Å². The number of likely N-dealkylation sites (tertiary alicyclic amines) is 2. The molecule has 0 spiro atoms. The van der Waals surface area contributed by atoms with Gasteiger partial charge in [-0.1, -0.05) is 0 Å². The second-order valence-corrected chi connectivity index (χ2v) is 8.57. The van der Waals surface area contributed by atoms with Gasteiger partial charge in [-0.15, -0.1) is 0 Å². The van der Waals surface area contributed by atoms with Crippen LogP contribution in [0, 0.1) is 5.92 Å². The number of nitrogens with zero attached hydrogens (tertiary/aromatic N) is 2. The number of carbonyl (C=O) groups excluding carboxylic acids is 2. The fourth-order valence-corrected chi connectivity index (χ4v) is 4.53. The van der Waals surface area contributed by atoms with Gasteiger partial charge < -0.3 is 19.7 Å². The maximum Gasteiger partial charge on any atom is 0.237 e. The van der Waals surface area contributed by atoms with Crippen LogP contribution in [-0.2, 0) is 9.59 Å². The maximum atomic E-state index is 13.1. The Balaban J connectivity index is 1.60. The highest BCUT2D eigenvalue weighted by Gasteiger charge is 2.34. The van der Waals surface area contributed by atoms with Crippen LogP contribution in [0.2, 0.25) is 0 Å². The molecule has 2 aliphatic heterocycles. The van der Waals surface area contributed by atoms with Gasteiger partial charge in [-0.3, -0.25) is 14.5 Å². The first-order valence-electron chi connectivity index (χ1n) is 11.0. The normalized spacial score (nSPS) is 20.4. The zero-order chi connectivity index (χ0) is 21.7. The predicted octanol–water partition coefficient (Wildman–Crippen LogP) is 2.60. The standard InChI is InChI=1S/C23H35N3O4/c1-16(2)24-23(28)17-9-12-25(13-10-17)15-22(27)26-11-5-6-20(26)19-14-18(29-3)7-8-21(19)30-4/h7-8,14,16-17,20H,5-6,9-13,15H2,1-4H3,(H,24,28). The summed E-state index contributed by atoms with van der Waals surface area (Å²) in [4.78, 5) is 29.5. The van der Waals surface area contributed by atoms with E-state index in [4.69, 9.17) is 9.47 Å². The average molecular weight is 418 g/mol. The van der Waals surface area contributed by atoms with Crippen molar-refractivity contribution >= 4 is 11.8 Å². The van der Waals surface area contributed by atoms with Crippen LogP contribution >= 0.6 is 0 Å². The van der Waals surface area contributed by atoms with Crippen molar-refractivity contribution in [2.24, 2.45) is 5.92 Å². The molecule has 0 aromatic heterocycles. The number of ether oxygens (including phenoxy) is 2. The van der Waals surface area contributed by atoms with Crippen molar-refractivity contribution in [1.29, 1.82) is 0 Å². The summed E-state index contributed by atoms with van der Waals surface area (Å²) >= 11 is 0. The van der Waals surface area contributed by atoms with Gasteiger partial charge in [0.25, 0.3) is 0 Å². The molecule has 2 amide bonds. The third-order valence-electron chi connectivity index (χ3n) is 6.12. The highest BCUT2D eigenvalue weighted by atomic mass is 16.5. The van der Waals surface area contributed by atoms with Crippen molar-refractivity contribution in [3.8, 4) is 11.5 Å². The number of benzene rings is 1. The highest BCUT2D eigenvalue weighted by molar-refractivity contribution is 5.80. The zero-order valence-corrected chi connectivity index (χ0v) is 18.6. The number of carbonyl (C=O) groups is 2. The Bertz CT molecular complexity index is 744. The Hall–Kier alpha value is -2.28. The van der Waals surface area contributed by atoms with Crippen LogP contribution < -0.4 is 14.8 Å². The lowest BCUT2D eigenvalue weighted by Gasteiger charge is -2.33. The fourth-order valence-electron chi connectivity index (χ4n) is 4.53. The number of hydrogen-bond acceptors (Lipinski definition) is 5. The van der Waals surface area contributed by atoms with Crippen molar-refractivity contribution < 1.29 is 19.1 Å². The van der Waals surface area contributed by atoms with Crippen molar-refractivity contribution in [2.45, 2.75) is 51.6 Å². The third kappa shape index (κ3) is 5.25. The van der Waals surface area contributed by atoms with E-state index in [2.05, 4.69) is 10.2 Å². The maximum absolute atomic E-state index is 13.1. The number of rotatable bonds is 7. The Morgan fingerprint density at radius 3 is 2.47 bits per heavy atom.